The van der Waals surface area contributed by atoms with E-state index in [9.17, 15) is 0 Å². The van der Waals surface area contributed by atoms with E-state index in [1.807, 2.05) is 18.2 Å². The monoisotopic (exact) mass is 261 g/mol. The molecule has 4 heteroatoms. The van der Waals surface area contributed by atoms with E-state index < -0.39 is 0 Å². The van der Waals surface area contributed by atoms with Gasteiger partial charge in [-0.25, -0.2) is 4.98 Å². The molecule has 1 aliphatic carbocycles. The zero-order chi connectivity index (χ0) is 12.4. The van der Waals surface area contributed by atoms with Gasteiger partial charge in [-0.2, -0.15) is 11.8 Å². The summed E-state index contributed by atoms with van der Waals surface area (Å²) in [6.45, 7) is 2.24. The third-order valence-electron chi connectivity index (χ3n) is 3.52. The predicted octanol–water partition coefficient (Wildman–Crippen LogP) is 3.65. The number of benzene rings is 1. The number of fused-ring (bicyclic) bond motifs is 1. The Labute approximate surface area is 112 Å². The van der Waals surface area contributed by atoms with Gasteiger partial charge in [0.15, 0.2) is 0 Å². The van der Waals surface area contributed by atoms with E-state index >= 15 is 0 Å². The van der Waals surface area contributed by atoms with Gasteiger partial charge >= 0.3 is 0 Å². The molecular weight excluding hydrogens is 242 g/mol. The normalized spacial score (nSPS) is 23.6. The van der Waals surface area contributed by atoms with Crippen molar-refractivity contribution in [1.29, 1.82) is 0 Å². The number of nitrogens with one attached hydrogen (secondary N) is 2. The first-order valence-corrected chi connectivity index (χ1v) is 7.73. The Morgan fingerprint density at radius 3 is 3.11 bits per heavy atom. The third-order valence-corrected chi connectivity index (χ3v) is 4.75. The van der Waals surface area contributed by atoms with E-state index in [-0.39, 0.29) is 0 Å². The molecule has 0 radical (unpaired) electrons. The second-order valence-corrected chi connectivity index (χ2v) is 6.41. The van der Waals surface area contributed by atoms with Crippen LogP contribution in [0.15, 0.2) is 24.3 Å². The summed E-state index contributed by atoms with van der Waals surface area (Å²) in [7, 11) is 0. The van der Waals surface area contributed by atoms with E-state index in [1.165, 1.54) is 25.0 Å². The minimum atomic E-state index is 0.578. The third kappa shape index (κ3) is 2.48. The van der Waals surface area contributed by atoms with Crippen LogP contribution in [0.5, 0.6) is 0 Å². The van der Waals surface area contributed by atoms with Crippen LogP contribution < -0.4 is 5.32 Å². The molecule has 1 saturated carbocycles. The van der Waals surface area contributed by atoms with Crippen LogP contribution in [0.2, 0.25) is 0 Å². The number of aromatic nitrogens is 2. The zero-order valence-electron chi connectivity index (χ0n) is 10.6. The van der Waals surface area contributed by atoms with Crippen LogP contribution in [0, 0.1) is 0 Å². The number of aromatic amines is 1. The molecule has 2 unspecified atom stereocenters. The fraction of sp³-hybridized carbons (Fsp3) is 0.500. The van der Waals surface area contributed by atoms with Crippen molar-refractivity contribution in [2.45, 2.75) is 37.5 Å². The summed E-state index contributed by atoms with van der Waals surface area (Å²) in [5, 5.41) is 4.37. The molecule has 2 atom stereocenters. The molecule has 96 valence electrons. The molecule has 3 nitrogen and oxygen atoms in total. The fourth-order valence-electron chi connectivity index (χ4n) is 2.67. The Morgan fingerprint density at radius 2 is 2.28 bits per heavy atom. The quantitative estimate of drug-likeness (QED) is 0.882. The molecule has 0 spiro atoms. The molecule has 0 amide bonds. The number of nitrogens with zero attached hydrogens (tertiary/aromatic N) is 1. The number of rotatable bonds is 4. The van der Waals surface area contributed by atoms with Gasteiger partial charge in [-0.3, -0.25) is 0 Å². The molecule has 2 aromatic rings. The van der Waals surface area contributed by atoms with E-state index in [2.05, 4.69) is 40.0 Å². The Kier molecular flexibility index (Phi) is 3.46. The maximum Gasteiger partial charge on any atom is 0.201 e. The number of para-hydroxylation sites is 2. The van der Waals surface area contributed by atoms with Crippen molar-refractivity contribution in [2.75, 3.05) is 11.1 Å². The van der Waals surface area contributed by atoms with Crippen molar-refractivity contribution < 1.29 is 0 Å². The minimum absolute atomic E-state index is 0.578. The molecule has 2 N–H and O–H groups in total. The smallest absolute Gasteiger partial charge is 0.201 e. The summed E-state index contributed by atoms with van der Waals surface area (Å²) in [5.74, 6) is 2.14. The summed E-state index contributed by atoms with van der Waals surface area (Å²) in [6.07, 6.45) is 3.85. The Bertz CT molecular complexity index is 489. The lowest BCUT2D eigenvalue weighted by atomic mass is 10.2. The molecule has 0 bridgehead atoms. The van der Waals surface area contributed by atoms with Crippen LogP contribution in [0.25, 0.3) is 11.0 Å². The summed E-state index contributed by atoms with van der Waals surface area (Å²) in [4.78, 5) is 7.91. The number of H-pyrrole nitrogens is 1. The van der Waals surface area contributed by atoms with Crippen LogP contribution in [-0.4, -0.2) is 27.0 Å². The number of anilines is 1. The second kappa shape index (κ2) is 5.22. The number of thioether (sulfide) groups is 1. The Balaban J connectivity index is 1.66. The SMILES string of the molecule is CCSC1CCC(Nc2nc3ccccc3[nH]2)C1. The van der Waals surface area contributed by atoms with Gasteiger partial charge in [-0.1, -0.05) is 19.1 Å². The molecule has 1 aromatic carbocycles. The van der Waals surface area contributed by atoms with Crippen molar-refractivity contribution >= 4 is 28.7 Å². The molecule has 1 fully saturated rings. The van der Waals surface area contributed by atoms with Crippen molar-refractivity contribution in [3.63, 3.8) is 0 Å². The van der Waals surface area contributed by atoms with Gasteiger partial charge in [0.2, 0.25) is 5.95 Å². The van der Waals surface area contributed by atoms with Crippen molar-refractivity contribution in [1.82, 2.24) is 9.97 Å². The Hall–Kier alpha value is -1.16. The first-order chi connectivity index (χ1) is 8.85. The number of hydrogen-bond acceptors (Lipinski definition) is 3. The first-order valence-electron chi connectivity index (χ1n) is 6.68. The van der Waals surface area contributed by atoms with Crippen LogP contribution in [-0.2, 0) is 0 Å². The number of imidazole rings is 1. The maximum atomic E-state index is 4.57. The van der Waals surface area contributed by atoms with E-state index in [4.69, 9.17) is 0 Å². The highest BCUT2D eigenvalue weighted by Crippen LogP contribution is 2.31. The van der Waals surface area contributed by atoms with Gasteiger partial charge < -0.3 is 10.3 Å². The van der Waals surface area contributed by atoms with Crippen molar-refractivity contribution in [3.8, 4) is 0 Å². The highest BCUT2D eigenvalue weighted by molar-refractivity contribution is 7.99. The van der Waals surface area contributed by atoms with Crippen molar-refractivity contribution in [2.24, 2.45) is 0 Å². The zero-order valence-corrected chi connectivity index (χ0v) is 11.5. The van der Waals surface area contributed by atoms with Gasteiger partial charge in [0.25, 0.3) is 0 Å². The van der Waals surface area contributed by atoms with E-state index in [1.54, 1.807) is 0 Å². The highest BCUT2D eigenvalue weighted by Gasteiger charge is 2.24. The average Bonchev–Trinajstić information content (AvgIpc) is 2.96. The number of hydrogen-bond donors (Lipinski definition) is 2. The lowest BCUT2D eigenvalue weighted by Crippen LogP contribution is -2.16. The summed E-state index contributed by atoms with van der Waals surface area (Å²) in [5.41, 5.74) is 2.15. The lowest BCUT2D eigenvalue weighted by molar-refractivity contribution is 0.749. The molecule has 18 heavy (non-hydrogen) atoms. The van der Waals surface area contributed by atoms with Gasteiger partial charge in [0.05, 0.1) is 11.0 Å². The van der Waals surface area contributed by atoms with Gasteiger partial charge in [-0.15, -0.1) is 0 Å². The van der Waals surface area contributed by atoms with Gasteiger partial charge in [-0.05, 0) is 37.1 Å². The fourth-order valence-corrected chi connectivity index (χ4v) is 3.82. The average molecular weight is 261 g/mol. The maximum absolute atomic E-state index is 4.57. The van der Waals surface area contributed by atoms with Gasteiger partial charge in [0, 0.05) is 11.3 Å². The topological polar surface area (TPSA) is 40.7 Å². The molecule has 0 saturated heterocycles. The Morgan fingerprint density at radius 1 is 1.39 bits per heavy atom. The van der Waals surface area contributed by atoms with Gasteiger partial charge in [0.1, 0.15) is 0 Å². The summed E-state index contributed by atoms with van der Waals surface area (Å²) < 4.78 is 0. The van der Waals surface area contributed by atoms with E-state index in [0.717, 1.165) is 22.2 Å². The van der Waals surface area contributed by atoms with Crippen LogP contribution in [0.1, 0.15) is 26.2 Å². The van der Waals surface area contributed by atoms with Crippen LogP contribution >= 0.6 is 11.8 Å². The molecule has 1 heterocycles. The predicted molar refractivity (Wildman–Crippen MR) is 79.3 cm³/mol. The second-order valence-electron chi connectivity index (χ2n) is 4.83. The van der Waals surface area contributed by atoms with Crippen molar-refractivity contribution in [3.05, 3.63) is 24.3 Å². The molecule has 3 rings (SSSR count). The van der Waals surface area contributed by atoms with E-state index in [0.29, 0.717) is 6.04 Å². The van der Waals surface area contributed by atoms with Crippen LogP contribution in [0.3, 0.4) is 0 Å². The minimum Gasteiger partial charge on any atom is -0.353 e. The first kappa shape index (κ1) is 11.9. The van der Waals surface area contributed by atoms with Crippen LogP contribution in [0.4, 0.5) is 5.95 Å². The summed E-state index contributed by atoms with van der Waals surface area (Å²) >= 11 is 2.09. The molecule has 1 aromatic heterocycles. The lowest BCUT2D eigenvalue weighted by Gasteiger charge is -2.11. The molecule has 1 aliphatic rings. The standard InChI is InChI=1S/C14H19N3S/c1-2-18-11-8-7-10(9-11)15-14-16-12-5-3-4-6-13(12)17-14/h3-6,10-11H,2,7-9H2,1H3,(H2,15,16,17). The molecule has 0 aliphatic heterocycles. The largest absolute Gasteiger partial charge is 0.353 e. The summed E-state index contributed by atoms with van der Waals surface area (Å²) in [6, 6.07) is 8.75. The highest BCUT2D eigenvalue weighted by atomic mass is 32.2. The molecular formula is C14H19N3S.